The maximum Gasteiger partial charge on any atom is 0.276 e. The number of nitrogens with zero attached hydrogens (tertiary/aromatic N) is 3. The summed E-state index contributed by atoms with van der Waals surface area (Å²) in [7, 11) is 1.84. The van der Waals surface area contributed by atoms with Crippen LogP contribution in [0, 0.1) is 0 Å². The van der Waals surface area contributed by atoms with Crippen LogP contribution in [0.2, 0.25) is 5.02 Å². The number of fused-ring (bicyclic) bond motifs is 1. The summed E-state index contributed by atoms with van der Waals surface area (Å²) in [6.07, 6.45) is 4.01. The summed E-state index contributed by atoms with van der Waals surface area (Å²) in [6, 6.07) is 14.0. The minimum Gasteiger partial charge on any atom is -0.342 e. The average Bonchev–Trinajstić information content (AvgIpc) is 3.13. The Morgan fingerprint density at radius 3 is 2.55 bits per heavy atom. The van der Waals surface area contributed by atoms with Crippen molar-refractivity contribution < 1.29 is 4.79 Å². The maximum absolute atomic E-state index is 12.8. The highest BCUT2D eigenvalue weighted by molar-refractivity contribution is 9.10. The third-order valence-electron chi connectivity index (χ3n) is 5.09. The number of likely N-dealkylation sites (N-methyl/N-ethyl adjacent to an activating group) is 2. The Kier molecular flexibility index (Phi) is 5.51. The van der Waals surface area contributed by atoms with Gasteiger partial charge in [0.15, 0.2) is 5.11 Å². The van der Waals surface area contributed by atoms with Crippen molar-refractivity contribution in [2.75, 3.05) is 13.6 Å². The molecule has 0 spiro atoms. The Labute approximate surface area is 188 Å². The van der Waals surface area contributed by atoms with E-state index in [9.17, 15) is 4.79 Å². The summed E-state index contributed by atoms with van der Waals surface area (Å²) >= 11 is 15.0. The molecule has 0 saturated carbocycles. The lowest BCUT2D eigenvalue weighted by Gasteiger charge is -2.13. The van der Waals surface area contributed by atoms with Crippen LogP contribution < -0.4 is 0 Å². The monoisotopic (exact) mass is 487 g/mol. The zero-order valence-electron chi connectivity index (χ0n) is 16.0. The molecule has 0 atom stereocenters. The van der Waals surface area contributed by atoms with Crippen LogP contribution in [0.4, 0.5) is 0 Å². The molecule has 29 heavy (non-hydrogen) atoms. The van der Waals surface area contributed by atoms with Gasteiger partial charge in [-0.2, -0.15) is 0 Å². The minimum absolute atomic E-state index is 0.0615. The number of amides is 1. The van der Waals surface area contributed by atoms with Gasteiger partial charge >= 0.3 is 0 Å². The van der Waals surface area contributed by atoms with Crippen molar-refractivity contribution >= 4 is 67.7 Å². The van der Waals surface area contributed by atoms with E-state index >= 15 is 0 Å². The van der Waals surface area contributed by atoms with Crippen molar-refractivity contribution in [3.05, 3.63) is 75.0 Å². The third kappa shape index (κ3) is 3.72. The first kappa shape index (κ1) is 20.1. The van der Waals surface area contributed by atoms with Gasteiger partial charge in [0.2, 0.25) is 0 Å². The molecule has 4 nitrogen and oxygen atoms in total. The highest BCUT2D eigenvalue weighted by atomic mass is 79.9. The zero-order valence-corrected chi connectivity index (χ0v) is 19.2. The molecule has 7 heteroatoms. The molecule has 0 bridgehead atoms. The Hall–Kier alpha value is -2.15. The van der Waals surface area contributed by atoms with Crippen LogP contribution >= 0.6 is 39.7 Å². The van der Waals surface area contributed by atoms with Crippen LogP contribution in [-0.4, -0.2) is 39.0 Å². The lowest BCUT2D eigenvalue weighted by atomic mass is 10.1. The molecule has 1 aliphatic rings. The van der Waals surface area contributed by atoms with Crippen molar-refractivity contribution in [3.63, 3.8) is 0 Å². The lowest BCUT2D eigenvalue weighted by molar-refractivity contribution is -0.122. The standard InChI is InChI=1S/C22H19BrClN3OS/c1-3-27-21(28)20(25(2)22(27)29)10-15-13-26(12-14-4-7-17(24)8-5-14)19-9-6-16(23)11-18(15)19/h4-11,13H,3,12H2,1-2H3/b20-10-. The molecule has 1 saturated heterocycles. The van der Waals surface area contributed by atoms with E-state index < -0.39 is 0 Å². The summed E-state index contributed by atoms with van der Waals surface area (Å²) < 4.78 is 3.18. The third-order valence-corrected chi connectivity index (χ3v) is 6.33. The number of halogens is 2. The molecular weight excluding hydrogens is 470 g/mol. The molecule has 1 aromatic heterocycles. The van der Waals surface area contributed by atoms with Gasteiger partial charge in [0, 0.05) is 52.3 Å². The Bertz CT molecular complexity index is 1150. The molecule has 1 amide bonds. The number of aromatic nitrogens is 1. The molecule has 2 aromatic carbocycles. The lowest BCUT2D eigenvalue weighted by Crippen LogP contribution is -2.30. The highest BCUT2D eigenvalue weighted by Crippen LogP contribution is 2.30. The van der Waals surface area contributed by atoms with E-state index in [2.05, 4.69) is 38.8 Å². The van der Waals surface area contributed by atoms with Gasteiger partial charge in [-0.1, -0.05) is 39.7 Å². The molecule has 2 heterocycles. The van der Waals surface area contributed by atoms with E-state index in [1.54, 1.807) is 9.80 Å². The summed E-state index contributed by atoms with van der Waals surface area (Å²) in [5, 5.41) is 2.33. The van der Waals surface area contributed by atoms with Crippen molar-refractivity contribution in [2.45, 2.75) is 13.5 Å². The second-order valence-corrected chi connectivity index (χ2v) is 8.64. The fourth-order valence-electron chi connectivity index (χ4n) is 3.57. The summed E-state index contributed by atoms with van der Waals surface area (Å²) in [5.74, 6) is -0.0615. The van der Waals surface area contributed by atoms with E-state index in [4.69, 9.17) is 23.8 Å². The average molecular weight is 489 g/mol. The maximum atomic E-state index is 12.8. The van der Waals surface area contributed by atoms with Crippen LogP contribution in [0.3, 0.4) is 0 Å². The van der Waals surface area contributed by atoms with Gasteiger partial charge in [-0.05, 0) is 61.1 Å². The molecule has 0 unspecified atom stereocenters. The van der Waals surface area contributed by atoms with Crippen LogP contribution in [-0.2, 0) is 11.3 Å². The Morgan fingerprint density at radius 2 is 1.90 bits per heavy atom. The van der Waals surface area contributed by atoms with Crippen LogP contribution in [0.5, 0.6) is 0 Å². The minimum atomic E-state index is -0.0615. The van der Waals surface area contributed by atoms with Crippen LogP contribution in [0.15, 0.2) is 58.8 Å². The topological polar surface area (TPSA) is 28.5 Å². The van der Waals surface area contributed by atoms with Gasteiger partial charge in [-0.25, -0.2) is 0 Å². The van der Waals surface area contributed by atoms with Gasteiger partial charge in [0.25, 0.3) is 5.91 Å². The SMILES string of the molecule is CCN1C(=O)/C(=C/c2cn(Cc3ccc(Cl)cc3)c3ccc(Br)cc23)N(C)C1=S. The fourth-order valence-corrected chi connectivity index (χ4v) is 4.36. The number of carbonyl (C=O) groups excluding carboxylic acids is 1. The molecule has 4 rings (SSSR count). The first-order valence-electron chi connectivity index (χ1n) is 9.23. The van der Waals surface area contributed by atoms with Gasteiger partial charge < -0.3 is 9.47 Å². The van der Waals surface area contributed by atoms with E-state index in [0.717, 1.165) is 31.5 Å². The summed E-state index contributed by atoms with van der Waals surface area (Å²) in [4.78, 5) is 16.2. The fraction of sp³-hybridized carbons (Fsp3) is 0.182. The molecule has 3 aromatic rings. The van der Waals surface area contributed by atoms with E-state index in [1.807, 2.05) is 50.4 Å². The second-order valence-electron chi connectivity index (χ2n) is 6.92. The number of hydrogen-bond donors (Lipinski definition) is 0. The number of rotatable bonds is 4. The first-order chi connectivity index (χ1) is 13.9. The largest absolute Gasteiger partial charge is 0.342 e. The van der Waals surface area contributed by atoms with E-state index in [-0.39, 0.29) is 5.91 Å². The number of hydrogen-bond acceptors (Lipinski definition) is 2. The van der Waals surface area contributed by atoms with Crippen LogP contribution in [0.1, 0.15) is 18.1 Å². The number of benzene rings is 2. The molecule has 0 radical (unpaired) electrons. The molecule has 1 fully saturated rings. The highest BCUT2D eigenvalue weighted by Gasteiger charge is 2.34. The summed E-state index contributed by atoms with van der Waals surface area (Å²) in [5.41, 5.74) is 3.81. The Morgan fingerprint density at radius 1 is 1.17 bits per heavy atom. The van der Waals surface area contributed by atoms with E-state index in [0.29, 0.717) is 23.9 Å². The molecular formula is C22H19BrClN3OS. The normalized spacial score (nSPS) is 15.9. The van der Waals surface area contributed by atoms with E-state index in [1.165, 1.54) is 0 Å². The van der Waals surface area contributed by atoms with Crippen molar-refractivity contribution in [1.29, 1.82) is 0 Å². The van der Waals surface area contributed by atoms with Gasteiger partial charge in [0.05, 0.1) is 0 Å². The van der Waals surface area contributed by atoms with Gasteiger partial charge in [-0.3, -0.25) is 9.69 Å². The zero-order chi connectivity index (χ0) is 20.7. The molecule has 1 aliphatic heterocycles. The smallest absolute Gasteiger partial charge is 0.276 e. The number of carbonyl (C=O) groups is 1. The van der Waals surface area contributed by atoms with Crippen molar-refractivity contribution in [3.8, 4) is 0 Å². The molecule has 0 aliphatic carbocycles. The Balaban J connectivity index is 1.81. The quantitative estimate of drug-likeness (QED) is 0.357. The van der Waals surface area contributed by atoms with Gasteiger partial charge in [0.1, 0.15) is 5.70 Å². The first-order valence-corrected chi connectivity index (χ1v) is 10.8. The number of thiocarbonyl (C=S) groups is 1. The predicted octanol–water partition coefficient (Wildman–Crippen LogP) is 5.53. The second kappa shape index (κ2) is 7.94. The molecule has 148 valence electrons. The van der Waals surface area contributed by atoms with Gasteiger partial charge in [-0.15, -0.1) is 0 Å². The summed E-state index contributed by atoms with van der Waals surface area (Å²) in [6.45, 7) is 3.20. The predicted molar refractivity (Wildman–Crippen MR) is 126 cm³/mol. The van der Waals surface area contributed by atoms with Crippen molar-refractivity contribution in [1.82, 2.24) is 14.4 Å². The van der Waals surface area contributed by atoms with Crippen LogP contribution in [0.25, 0.3) is 17.0 Å². The van der Waals surface area contributed by atoms with Crippen molar-refractivity contribution in [2.24, 2.45) is 0 Å². The molecule has 0 N–H and O–H groups in total.